The lowest BCUT2D eigenvalue weighted by molar-refractivity contribution is -0.113. The average Bonchev–Trinajstić information content (AvgIpc) is 2.64. The van der Waals surface area contributed by atoms with Crippen molar-refractivity contribution in [1.29, 1.82) is 0 Å². The van der Waals surface area contributed by atoms with Gasteiger partial charge in [-0.25, -0.2) is 4.79 Å². The van der Waals surface area contributed by atoms with Gasteiger partial charge in [0.25, 0.3) is 5.91 Å². The highest BCUT2D eigenvalue weighted by atomic mass is 35.5. The van der Waals surface area contributed by atoms with E-state index in [9.17, 15) is 9.59 Å². The van der Waals surface area contributed by atoms with Gasteiger partial charge in [0, 0.05) is 16.4 Å². The zero-order chi connectivity index (χ0) is 19.6. The molecule has 1 aliphatic rings. The van der Waals surface area contributed by atoms with Crippen molar-refractivity contribution in [1.82, 2.24) is 10.6 Å². The molecule has 1 atom stereocenters. The lowest BCUT2D eigenvalue weighted by Crippen LogP contribution is -2.46. The highest BCUT2D eigenvalue weighted by Gasteiger charge is 2.31. The minimum absolute atomic E-state index is 0.314. The molecule has 2 aromatic carbocycles. The van der Waals surface area contributed by atoms with Crippen LogP contribution in [0.1, 0.15) is 24.1 Å². The molecule has 0 radical (unpaired) electrons. The fourth-order valence-corrected chi connectivity index (χ4v) is 3.13. The third-order valence-corrected chi connectivity index (χ3v) is 4.65. The molecule has 3 rings (SSSR count). The Bertz CT molecular complexity index is 923. The van der Waals surface area contributed by atoms with E-state index >= 15 is 0 Å². The maximum absolute atomic E-state index is 13.0. The molecule has 140 valence electrons. The Morgan fingerprint density at radius 1 is 1.15 bits per heavy atom. The number of nitrogens with one attached hydrogen (secondary N) is 3. The standard InChI is InChI=1S/C20H20ClN3O3/c1-11-4-7-14(21)10-16(11)23-19(25)17-12(2)22-20(26)24-18(17)13-5-8-15(27-3)9-6-13/h4-10,18H,1-3H3,(H,23,25)(H2,22,24,26)/t18-/m0/s1. The molecule has 27 heavy (non-hydrogen) atoms. The van der Waals surface area contributed by atoms with Crippen LogP contribution in [-0.4, -0.2) is 19.0 Å². The van der Waals surface area contributed by atoms with Crippen molar-refractivity contribution in [2.75, 3.05) is 12.4 Å². The lowest BCUT2D eigenvalue weighted by atomic mass is 9.94. The van der Waals surface area contributed by atoms with E-state index in [2.05, 4.69) is 16.0 Å². The average molecular weight is 386 g/mol. The number of benzene rings is 2. The van der Waals surface area contributed by atoms with Crippen LogP contribution in [0.15, 0.2) is 53.7 Å². The first-order valence-corrected chi connectivity index (χ1v) is 8.76. The second kappa shape index (κ2) is 7.72. The number of anilines is 1. The van der Waals surface area contributed by atoms with E-state index in [1.165, 1.54) is 0 Å². The molecule has 0 aromatic heterocycles. The molecule has 0 bridgehead atoms. The van der Waals surface area contributed by atoms with Crippen molar-refractivity contribution >= 4 is 29.2 Å². The highest BCUT2D eigenvalue weighted by molar-refractivity contribution is 6.31. The normalized spacial score (nSPS) is 16.4. The maximum Gasteiger partial charge on any atom is 0.319 e. The van der Waals surface area contributed by atoms with E-state index in [0.29, 0.717) is 27.7 Å². The zero-order valence-electron chi connectivity index (χ0n) is 15.2. The van der Waals surface area contributed by atoms with Gasteiger partial charge in [-0.15, -0.1) is 0 Å². The molecular weight excluding hydrogens is 366 g/mol. The molecule has 0 saturated heterocycles. The molecule has 7 heteroatoms. The fourth-order valence-electron chi connectivity index (χ4n) is 2.96. The predicted octanol–water partition coefficient (Wildman–Crippen LogP) is 3.92. The molecule has 3 N–H and O–H groups in total. The van der Waals surface area contributed by atoms with E-state index in [1.807, 2.05) is 25.1 Å². The largest absolute Gasteiger partial charge is 0.497 e. The molecule has 0 fully saturated rings. The number of hydrogen-bond donors (Lipinski definition) is 3. The Labute approximate surface area is 162 Å². The van der Waals surface area contributed by atoms with E-state index < -0.39 is 6.04 Å². The topological polar surface area (TPSA) is 79.5 Å². The Kier molecular flexibility index (Phi) is 5.37. The van der Waals surface area contributed by atoms with Gasteiger partial charge in [-0.3, -0.25) is 4.79 Å². The van der Waals surface area contributed by atoms with Crippen molar-refractivity contribution in [2.24, 2.45) is 0 Å². The van der Waals surface area contributed by atoms with Crippen molar-refractivity contribution in [2.45, 2.75) is 19.9 Å². The van der Waals surface area contributed by atoms with Crippen LogP contribution in [0.3, 0.4) is 0 Å². The fraction of sp³-hybridized carbons (Fsp3) is 0.200. The van der Waals surface area contributed by atoms with Crippen LogP contribution in [0, 0.1) is 6.92 Å². The van der Waals surface area contributed by atoms with E-state index in [-0.39, 0.29) is 11.9 Å². The zero-order valence-corrected chi connectivity index (χ0v) is 16.0. The number of carbonyl (C=O) groups is 2. The maximum atomic E-state index is 13.0. The Hall–Kier alpha value is -2.99. The minimum Gasteiger partial charge on any atom is -0.497 e. The molecule has 1 aliphatic heterocycles. The Balaban J connectivity index is 1.95. The van der Waals surface area contributed by atoms with E-state index in [4.69, 9.17) is 16.3 Å². The van der Waals surface area contributed by atoms with Crippen LogP contribution in [0.4, 0.5) is 10.5 Å². The lowest BCUT2D eigenvalue weighted by Gasteiger charge is -2.29. The molecule has 0 unspecified atom stereocenters. The summed E-state index contributed by atoms with van der Waals surface area (Å²) in [7, 11) is 1.58. The quantitative estimate of drug-likeness (QED) is 0.746. The van der Waals surface area contributed by atoms with E-state index in [1.54, 1.807) is 38.3 Å². The van der Waals surface area contributed by atoms with Gasteiger partial charge in [-0.1, -0.05) is 29.8 Å². The highest BCUT2D eigenvalue weighted by Crippen LogP contribution is 2.30. The van der Waals surface area contributed by atoms with Gasteiger partial charge >= 0.3 is 6.03 Å². The molecule has 3 amide bonds. The second-order valence-electron chi connectivity index (χ2n) is 6.26. The summed E-state index contributed by atoms with van der Waals surface area (Å²) in [5.41, 5.74) is 3.21. The van der Waals surface area contributed by atoms with Gasteiger partial charge < -0.3 is 20.7 Å². The monoisotopic (exact) mass is 385 g/mol. The van der Waals surface area contributed by atoms with Gasteiger partial charge in [0.1, 0.15) is 5.75 Å². The number of methoxy groups -OCH3 is 1. The number of aryl methyl sites for hydroxylation is 1. The van der Waals surface area contributed by atoms with Crippen LogP contribution in [0.2, 0.25) is 5.02 Å². The SMILES string of the molecule is COc1ccc([C@@H]2NC(=O)NC(C)=C2C(=O)Nc2cc(Cl)ccc2C)cc1. The van der Waals surface area contributed by atoms with Crippen molar-refractivity contribution in [3.05, 3.63) is 69.9 Å². The molecule has 0 aliphatic carbocycles. The summed E-state index contributed by atoms with van der Waals surface area (Å²) in [5.74, 6) is 0.381. The first-order valence-electron chi connectivity index (χ1n) is 8.39. The van der Waals surface area contributed by atoms with Gasteiger partial charge in [-0.2, -0.15) is 0 Å². The second-order valence-corrected chi connectivity index (χ2v) is 6.69. The van der Waals surface area contributed by atoms with Gasteiger partial charge in [0.15, 0.2) is 0 Å². The first kappa shape index (κ1) is 18.8. The smallest absolute Gasteiger partial charge is 0.319 e. The Morgan fingerprint density at radius 3 is 2.52 bits per heavy atom. The Morgan fingerprint density at radius 2 is 1.85 bits per heavy atom. The summed E-state index contributed by atoms with van der Waals surface area (Å²) in [6.07, 6.45) is 0. The number of carbonyl (C=O) groups excluding carboxylic acids is 2. The molecule has 0 spiro atoms. The number of halogens is 1. The van der Waals surface area contributed by atoms with Gasteiger partial charge in [0.05, 0.1) is 18.7 Å². The van der Waals surface area contributed by atoms with Gasteiger partial charge in [0.2, 0.25) is 0 Å². The molecule has 1 heterocycles. The summed E-state index contributed by atoms with van der Waals surface area (Å²) >= 11 is 6.04. The van der Waals surface area contributed by atoms with E-state index in [0.717, 1.165) is 11.1 Å². The molecule has 0 saturated carbocycles. The summed E-state index contributed by atoms with van der Waals surface area (Å²) < 4.78 is 5.17. The summed E-state index contributed by atoms with van der Waals surface area (Å²) in [5, 5.41) is 8.89. The van der Waals surface area contributed by atoms with Crippen molar-refractivity contribution in [3.63, 3.8) is 0 Å². The van der Waals surface area contributed by atoms with Crippen LogP contribution in [0.25, 0.3) is 0 Å². The molecule has 2 aromatic rings. The predicted molar refractivity (Wildman–Crippen MR) is 105 cm³/mol. The summed E-state index contributed by atoms with van der Waals surface area (Å²) in [6, 6.07) is 11.6. The van der Waals surface area contributed by atoms with Gasteiger partial charge in [-0.05, 0) is 49.2 Å². The van der Waals surface area contributed by atoms with Crippen LogP contribution in [-0.2, 0) is 4.79 Å². The minimum atomic E-state index is -0.579. The molecular formula is C20H20ClN3O3. The van der Waals surface area contributed by atoms with Crippen molar-refractivity contribution < 1.29 is 14.3 Å². The third kappa shape index (κ3) is 4.06. The van der Waals surface area contributed by atoms with Crippen LogP contribution < -0.4 is 20.7 Å². The number of amides is 3. The number of allylic oxidation sites excluding steroid dienone is 1. The summed E-state index contributed by atoms with van der Waals surface area (Å²) in [6.45, 7) is 3.59. The number of urea groups is 1. The summed E-state index contributed by atoms with van der Waals surface area (Å²) in [4.78, 5) is 25.0. The number of ether oxygens (including phenoxy) is 1. The molecule has 6 nitrogen and oxygen atoms in total. The third-order valence-electron chi connectivity index (χ3n) is 4.41. The van der Waals surface area contributed by atoms with Crippen LogP contribution >= 0.6 is 11.6 Å². The number of hydrogen-bond acceptors (Lipinski definition) is 3. The van der Waals surface area contributed by atoms with Crippen molar-refractivity contribution in [3.8, 4) is 5.75 Å². The van der Waals surface area contributed by atoms with Crippen LogP contribution in [0.5, 0.6) is 5.75 Å². The first-order chi connectivity index (χ1) is 12.9. The number of rotatable bonds is 4.